The van der Waals surface area contributed by atoms with Gasteiger partial charge in [-0.1, -0.05) is 141 Å². The Morgan fingerprint density at radius 3 is 1.48 bits per heavy atom. The van der Waals surface area contributed by atoms with Gasteiger partial charge in [0.25, 0.3) is 0 Å². The lowest BCUT2D eigenvalue weighted by Crippen LogP contribution is -2.13. The fourth-order valence-corrected chi connectivity index (χ4v) is 7.35. The van der Waals surface area contributed by atoms with Crippen LogP contribution < -0.4 is 5.30 Å². The van der Waals surface area contributed by atoms with Gasteiger partial charge < -0.3 is 9.13 Å². The first-order chi connectivity index (χ1) is 22.3. The van der Waals surface area contributed by atoms with E-state index in [0.29, 0.717) is 6.29 Å². The first-order valence-electron chi connectivity index (χ1n) is 15.1. The van der Waals surface area contributed by atoms with Crippen LogP contribution in [0.1, 0.15) is 25.5 Å². The van der Waals surface area contributed by atoms with Crippen LogP contribution in [0.5, 0.6) is 0 Å². The highest BCUT2D eigenvalue weighted by atomic mass is 31.2. The topological polar surface area (TPSA) is 62.9 Å². The van der Waals surface area contributed by atoms with E-state index in [9.17, 15) is 8.96 Å². The standard InChI is InChI=1S/C33H31FNOP.C6H6.CHNO/c1-24(2)32-30(25-13-7-4-8-14-25)31(26-15-9-5-10-16-26)33(27-19-21-28(34)22-20-27)35(32)23-37(3,36)29-17-11-6-12-18-29;1-2-4-6-5-3-1;2-1-3/h4-22,24H,23H2,1-3H3;1-6H;2H. The number of rotatable bonds is 7. The van der Waals surface area contributed by atoms with Gasteiger partial charge in [-0.3, -0.25) is 0 Å². The lowest BCUT2D eigenvalue weighted by molar-refractivity contribution is 0.562. The molecule has 1 unspecified atom stereocenters. The number of nitrogens with zero attached hydrogens (tertiary/aromatic N) is 1. The second-order valence-corrected chi connectivity index (χ2v) is 14.1. The molecule has 1 atom stereocenters. The molecule has 0 fully saturated rings. The van der Waals surface area contributed by atoms with Gasteiger partial charge in [-0.05, 0) is 53.5 Å². The minimum absolute atomic E-state index is 0.155. The average molecular weight is 629 g/mol. The molecule has 1 N–H and O–H groups in total. The molecule has 0 saturated heterocycles. The van der Waals surface area contributed by atoms with Crippen molar-refractivity contribution in [3.05, 3.63) is 163 Å². The van der Waals surface area contributed by atoms with Crippen LogP contribution in [-0.4, -0.2) is 17.3 Å². The SMILES string of the molecule is CC(C)c1c(-c2ccccc2)c(-c2ccccc2)c(-c2ccc(F)cc2)n1CP(C)(=O)c1ccccc1.N=C=O.c1ccccc1. The lowest BCUT2D eigenvalue weighted by atomic mass is 9.91. The first kappa shape index (κ1) is 33.8. The summed E-state index contributed by atoms with van der Waals surface area (Å²) in [7, 11) is -2.79. The third kappa shape index (κ3) is 8.34. The van der Waals surface area contributed by atoms with Gasteiger partial charge in [-0.25, -0.2) is 14.6 Å². The number of isocyanates is 1. The Labute approximate surface area is 271 Å². The average Bonchev–Trinajstić information content (AvgIpc) is 3.42. The molecule has 0 aliphatic heterocycles. The molecule has 6 aromatic rings. The van der Waals surface area contributed by atoms with Crippen molar-refractivity contribution in [2.24, 2.45) is 0 Å². The lowest BCUT2D eigenvalue weighted by Gasteiger charge is -2.22. The van der Waals surface area contributed by atoms with E-state index >= 15 is 0 Å². The zero-order valence-electron chi connectivity index (χ0n) is 26.3. The fraction of sp³-hybridized carbons (Fsp3) is 0.125. The zero-order chi connectivity index (χ0) is 32.9. The van der Waals surface area contributed by atoms with Crippen LogP contribution in [0, 0.1) is 11.2 Å². The van der Waals surface area contributed by atoms with Crippen molar-refractivity contribution in [2.75, 3.05) is 6.66 Å². The molecule has 1 aromatic heterocycles. The van der Waals surface area contributed by atoms with E-state index in [0.717, 1.165) is 50.6 Å². The highest BCUT2D eigenvalue weighted by Crippen LogP contribution is 2.51. The van der Waals surface area contributed by atoms with E-state index in [1.807, 2.05) is 110 Å². The molecule has 0 radical (unpaired) electrons. The van der Waals surface area contributed by atoms with Crippen LogP contribution >= 0.6 is 7.14 Å². The maximum atomic E-state index is 14.3. The quantitative estimate of drug-likeness (QED) is 0.109. The Bertz CT molecular complexity index is 1860. The van der Waals surface area contributed by atoms with Gasteiger partial charge in [0, 0.05) is 22.1 Å². The minimum atomic E-state index is -2.79. The Morgan fingerprint density at radius 2 is 1.04 bits per heavy atom. The minimum Gasteiger partial charge on any atom is -0.336 e. The van der Waals surface area contributed by atoms with Crippen LogP contribution in [-0.2, 0) is 15.6 Å². The van der Waals surface area contributed by atoms with Crippen LogP contribution in [0.2, 0.25) is 0 Å². The monoisotopic (exact) mass is 628 g/mol. The summed E-state index contributed by atoms with van der Waals surface area (Å²) >= 11 is 0. The second kappa shape index (κ2) is 16.3. The summed E-state index contributed by atoms with van der Waals surface area (Å²) in [5.41, 5.74) is 7.39. The summed E-state index contributed by atoms with van der Waals surface area (Å²) in [6.07, 6.45) is 1.10. The van der Waals surface area contributed by atoms with Gasteiger partial charge in [0.05, 0.1) is 12.0 Å². The smallest absolute Gasteiger partial charge is 0.231 e. The number of halogens is 1. The van der Waals surface area contributed by atoms with Crippen molar-refractivity contribution in [3.8, 4) is 33.5 Å². The number of hydrogen-bond donors (Lipinski definition) is 1. The van der Waals surface area contributed by atoms with Crippen molar-refractivity contribution in [3.63, 3.8) is 0 Å². The number of hydrogen-bond acceptors (Lipinski definition) is 3. The number of benzene rings is 5. The molecule has 0 spiro atoms. The molecule has 46 heavy (non-hydrogen) atoms. The molecule has 232 valence electrons. The third-order valence-electron chi connectivity index (χ3n) is 7.47. The van der Waals surface area contributed by atoms with Crippen molar-refractivity contribution in [1.82, 2.24) is 4.57 Å². The van der Waals surface area contributed by atoms with Gasteiger partial charge in [-0.2, -0.15) is 0 Å². The molecule has 0 amide bonds. The van der Waals surface area contributed by atoms with Crippen molar-refractivity contribution < 1.29 is 13.8 Å². The van der Waals surface area contributed by atoms with E-state index in [2.05, 4.69) is 54.8 Å². The van der Waals surface area contributed by atoms with Gasteiger partial charge in [0.1, 0.15) is 13.0 Å². The highest BCUT2D eigenvalue weighted by Gasteiger charge is 2.30. The summed E-state index contributed by atoms with van der Waals surface area (Å²) in [4.78, 5) is 8.35. The Morgan fingerprint density at radius 1 is 0.652 bits per heavy atom. The normalized spacial score (nSPS) is 11.7. The van der Waals surface area contributed by atoms with Crippen molar-refractivity contribution in [2.45, 2.75) is 26.1 Å². The second-order valence-electron chi connectivity index (χ2n) is 11.1. The molecule has 0 aliphatic rings. The van der Waals surface area contributed by atoms with Crippen molar-refractivity contribution >= 4 is 18.5 Å². The summed E-state index contributed by atoms with van der Waals surface area (Å²) in [5.74, 6) is -0.122. The van der Waals surface area contributed by atoms with Gasteiger partial charge in [-0.15, -0.1) is 0 Å². The van der Waals surface area contributed by atoms with Gasteiger partial charge in [0.2, 0.25) is 6.08 Å². The summed E-state index contributed by atoms with van der Waals surface area (Å²) in [6, 6.07) is 49.1. The predicted molar refractivity (Wildman–Crippen MR) is 189 cm³/mol. The van der Waals surface area contributed by atoms with Crippen molar-refractivity contribution in [1.29, 1.82) is 5.41 Å². The van der Waals surface area contributed by atoms with E-state index in [-0.39, 0.29) is 11.7 Å². The Hall–Kier alpha value is -5.08. The maximum Gasteiger partial charge on any atom is 0.231 e. The highest BCUT2D eigenvalue weighted by molar-refractivity contribution is 7.69. The first-order valence-corrected chi connectivity index (χ1v) is 17.4. The van der Waals surface area contributed by atoms with E-state index in [4.69, 9.17) is 10.2 Å². The summed E-state index contributed by atoms with van der Waals surface area (Å²) < 4.78 is 30.6. The molecule has 4 nitrogen and oxygen atoms in total. The van der Waals surface area contributed by atoms with Crippen LogP contribution in [0.3, 0.4) is 0 Å². The molecule has 0 bridgehead atoms. The summed E-state index contributed by atoms with van der Waals surface area (Å²) in [5, 5.41) is 6.26. The van der Waals surface area contributed by atoms with E-state index in [1.54, 1.807) is 0 Å². The third-order valence-corrected chi connectivity index (χ3v) is 9.69. The van der Waals surface area contributed by atoms with Crippen LogP contribution in [0.15, 0.2) is 152 Å². The molecule has 5 aromatic carbocycles. The molecule has 6 rings (SSSR count). The number of carbonyl (C=O) groups excluding carboxylic acids is 1. The molecule has 1 heterocycles. The predicted octanol–water partition coefficient (Wildman–Crippen LogP) is 10.6. The fourth-order valence-electron chi connectivity index (χ4n) is 5.55. The Balaban J connectivity index is 0.000000466. The Kier molecular flexibility index (Phi) is 12.0. The van der Waals surface area contributed by atoms with Crippen LogP contribution in [0.4, 0.5) is 4.39 Å². The van der Waals surface area contributed by atoms with E-state index < -0.39 is 7.14 Å². The molecular formula is C40H38FN2O2P. The molecular weight excluding hydrogens is 590 g/mol. The number of nitrogens with one attached hydrogen (secondary N) is 1. The maximum absolute atomic E-state index is 14.3. The molecule has 6 heteroatoms. The zero-order valence-corrected chi connectivity index (χ0v) is 27.2. The van der Waals surface area contributed by atoms with E-state index in [1.165, 1.54) is 12.1 Å². The largest absolute Gasteiger partial charge is 0.336 e. The van der Waals surface area contributed by atoms with Crippen LogP contribution in [0.25, 0.3) is 33.5 Å². The van der Waals surface area contributed by atoms with Gasteiger partial charge >= 0.3 is 0 Å². The summed E-state index contributed by atoms with van der Waals surface area (Å²) in [6.45, 7) is 6.24. The van der Waals surface area contributed by atoms with Gasteiger partial charge in [0.15, 0.2) is 0 Å². The molecule has 0 saturated carbocycles. The molecule has 0 aliphatic carbocycles. The number of aromatic nitrogens is 1.